The van der Waals surface area contributed by atoms with Crippen LogP contribution in [-0.4, -0.2) is 45.3 Å². The van der Waals surface area contributed by atoms with E-state index in [4.69, 9.17) is 9.47 Å². The normalized spacial score (nSPS) is 15.2. The Labute approximate surface area is 226 Å². The molecule has 1 fully saturated rings. The van der Waals surface area contributed by atoms with Gasteiger partial charge in [-0.05, 0) is 74.4 Å². The topological polar surface area (TPSA) is 98.3 Å². The molecular formula is C28H29F2N5O3S. The third-order valence-electron chi connectivity index (χ3n) is 6.68. The Morgan fingerprint density at radius 2 is 1.85 bits per heavy atom. The maximum absolute atomic E-state index is 14.5. The van der Waals surface area contributed by atoms with Crippen LogP contribution in [0.1, 0.15) is 31.4 Å². The monoisotopic (exact) mass is 553 g/mol. The molecule has 2 aromatic carbocycles. The predicted molar refractivity (Wildman–Crippen MR) is 150 cm³/mol. The molecule has 0 amide bonds. The molecule has 1 aliphatic rings. The minimum absolute atomic E-state index is 0.101. The van der Waals surface area contributed by atoms with Gasteiger partial charge in [-0.1, -0.05) is 0 Å². The SMILES string of the molecule is C=S(=O)(Nc1cc(-c2cc(OC3CCCC3)c3nc(NC)nc(C)c3c2)cnc1OC)c1ccc(F)cc1F. The predicted octanol–water partition coefficient (Wildman–Crippen LogP) is 5.75. The maximum Gasteiger partial charge on any atom is 0.238 e. The Balaban J connectivity index is 1.60. The van der Waals surface area contributed by atoms with Crippen molar-refractivity contribution in [2.45, 2.75) is 43.6 Å². The molecule has 0 bridgehead atoms. The van der Waals surface area contributed by atoms with E-state index >= 15 is 0 Å². The van der Waals surface area contributed by atoms with Crippen LogP contribution >= 0.6 is 0 Å². The van der Waals surface area contributed by atoms with Crippen LogP contribution < -0.4 is 19.5 Å². The van der Waals surface area contributed by atoms with E-state index in [2.05, 4.69) is 30.9 Å². The summed E-state index contributed by atoms with van der Waals surface area (Å²) < 4.78 is 55.9. The molecule has 39 heavy (non-hydrogen) atoms. The van der Waals surface area contributed by atoms with Crippen molar-refractivity contribution in [3.8, 4) is 22.8 Å². The van der Waals surface area contributed by atoms with Gasteiger partial charge in [0, 0.05) is 30.3 Å². The van der Waals surface area contributed by atoms with E-state index in [1.165, 1.54) is 7.11 Å². The van der Waals surface area contributed by atoms with Crippen molar-refractivity contribution in [1.82, 2.24) is 15.0 Å². The van der Waals surface area contributed by atoms with Crippen molar-refractivity contribution in [3.05, 3.63) is 59.9 Å². The van der Waals surface area contributed by atoms with E-state index in [9.17, 15) is 13.0 Å². The van der Waals surface area contributed by atoms with Crippen molar-refractivity contribution in [3.63, 3.8) is 0 Å². The molecule has 11 heteroatoms. The van der Waals surface area contributed by atoms with E-state index < -0.39 is 21.3 Å². The van der Waals surface area contributed by atoms with E-state index in [-0.39, 0.29) is 22.6 Å². The highest BCUT2D eigenvalue weighted by molar-refractivity contribution is 8.01. The van der Waals surface area contributed by atoms with Crippen molar-refractivity contribution in [1.29, 1.82) is 0 Å². The van der Waals surface area contributed by atoms with Crippen LogP contribution in [0.2, 0.25) is 0 Å². The van der Waals surface area contributed by atoms with Crippen LogP contribution in [0.5, 0.6) is 11.6 Å². The van der Waals surface area contributed by atoms with Gasteiger partial charge < -0.3 is 19.5 Å². The molecule has 0 saturated heterocycles. The number of pyridine rings is 1. The fraction of sp³-hybridized carbons (Fsp3) is 0.286. The van der Waals surface area contributed by atoms with Gasteiger partial charge in [0.1, 0.15) is 28.6 Å². The minimum atomic E-state index is -3.43. The second-order valence-electron chi connectivity index (χ2n) is 9.41. The van der Waals surface area contributed by atoms with Gasteiger partial charge in [-0.15, -0.1) is 0 Å². The molecule has 0 aliphatic heterocycles. The number of hydrogen-bond acceptors (Lipinski definition) is 7. The molecule has 2 aromatic heterocycles. The second kappa shape index (κ2) is 10.6. The number of rotatable bonds is 8. The summed E-state index contributed by atoms with van der Waals surface area (Å²) in [6, 6.07) is 8.34. The van der Waals surface area contributed by atoms with E-state index in [1.54, 1.807) is 19.3 Å². The number of nitrogens with zero attached hydrogens (tertiary/aromatic N) is 3. The minimum Gasteiger partial charge on any atom is -0.488 e. The fourth-order valence-corrected chi connectivity index (χ4v) is 6.00. The average molecular weight is 554 g/mol. The standard InChI is InChI=1S/C28H29F2N5O3S/c1-16-21-11-17(13-24(38-20-7-5-6-8-20)26(21)34-28(31-2)33-16)18-12-23(27(37-3)32-15-18)35-39(4,36)25-10-9-19(29)14-22(25)30/h9-15,20H,4-8H2,1-3H3,(H,35,36)(H,31,33,34). The van der Waals surface area contributed by atoms with Crippen molar-refractivity contribution in [2.24, 2.45) is 0 Å². The summed E-state index contributed by atoms with van der Waals surface area (Å²) in [5.41, 5.74) is 3.13. The molecule has 2 N–H and O–H groups in total. The van der Waals surface area contributed by atoms with Crippen LogP contribution in [0.25, 0.3) is 22.0 Å². The van der Waals surface area contributed by atoms with Gasteiger partial charge in [-0.3, -0.25) is 0 Å². The first-order valence-electron chi connectivity index (χ1n) is 12.5. The number of halogens is 2. The van der Waals surface area contributed by atoms with Gasteiger partial charge in [-0.2, -0.15) is 0 Å². The third kappa shape index (κ3) is 5.44. The molecule has 1 atom stereocenters. The Morgan fingerprint density at radius 3 is 2.54 bits per heavy atom. The van der Waals surface area contributed by atoms with Gasteiger partial charge in [0.2, 0.25) is 11.8 Å². The Hall–Kier alpha value is -3.99. The first-order chi connectivity index (χ1) is 18.7. The number of methoxy groups -OCH3 is 1. The van der Waals surface area contributed by atoms with Crippen LogP contribution in [0.15, 0.2) is 47.5 Å². The smallest absolute Gasteiger partial charge is 0.238 e. The zero-order valence-electron chi connectivity index (χ0n) is 21.9. The quantitative estimate of drug-likeness (QED) is 0.268. The lowest BCUT2D eigenvalue weighted by Crippen LogP contribution is -2.15. The summed E-state index contributed by atoms with van der Waals surface area (Å²) in [4.78, 5) is 13.3. The third-order valence-corrected chi connectivity index (χ3v) is 8.27. The Kier molecular flexibility index (Phi) is 7.26. The highest BCUT2D eigenvalue weighted by atomic mass is 32.2. The molecular weight excluding hydrogens is 524 g/mol. The first kappa shape index (κ1) is 26.6. The molecule has 0 radical (unpaired) electrons. The highest BCUT2D eigenvalue weighted by Crippen LogP contribution is 2.37. The summed E-state index contributed by atoms with van der Waals surface area (Å²) in [6.45, 7) is 1.91. The number of aromatic nitrogens is 3. The Bertz CT molecular complexity index is 1660. The summed E-state index contributed by atoms with van der Waals surface area (Å²) in [7, 11) is -0.245. The summed E-state index contributed by atoms with van der Waals surface area (Å²) in [5, 5.41) is 3.82. The number of nitrogens with one attached hydrogen (secondary N) is 2. The van der Waals surface area contributed by atoms with Gasteiger partial charge in [0.05, 0.1) is 33.5 Å². The van der Waals surface area contributed by atoms with Gasteiger partial charge in [0.15, 0.2) is 0 Å². The van der Waals surface area contributed by atoms with E-state index in [0.29, 0.717) is 28.8 Å². The number of fused-ring (bicyclic) bond motifs is 1. The lowest BCUT2D eigenvalue weighted by molar-refractivity contribution is 0.212. The summed E-state index contributed by atoms with van der Waals surface area (Å²) in [5.74, 6) is 3.20. The molecule has 1 aliphatic carbocycles. The molecule has 1 saturated carbocycles. The number of benzene rings is 2. The second-order valence-corrected chi connectivity index (χ2v) is 11.4. The maximum atomic E-state index is 14.5. The van der Waals surface area contributed by atoms with E-state index in [1.807, 2.05) is 19.1 Å². The van der Waals surface area contributed by atoms with Crippen LogP contribution in [0.4, 0.5) is 20.4 Å². The van der Waals surface area contributed by atoms with Gasteiger partial charge in [-0.25, -0.2) is 27.9 Å². The fourth-order valence-electron chi connectivity index (χ4n) is 4.72. The van der Waals surface area contributed by atoms with Crippen molar-refractivity contribution in [2.75, 3.05) is 24.2 Å². The van der Waals surface area contributed by atoms with Crippen LogP contribution in [0, 0.1) is 18.6 Å². The molecule has 204 valence electrons. The zero-order valence-corrected chi connectivity index (χ0v) is 22.7. The molecule has 4 aromatic rings. The first-order valence-corrected chi connectivity index (χ1v) is 14.2. The summed E-state index contributed by atoms with van der Waals surface area (Å²) in [6.07, 6.45) is 5.91. The molecule has 0 spiro atoms. The highest BCUT2D eigenvalue weighted by Gasteiger charge is 2.22. The molecule has 1 unspecified atom stereocenters. The number of hydrogen-bond donors (Lipinski definition) is 2. The lowest BCUT2D eigenvalue weighted by atomic mass is 10.0. The number of aryl methyl sites for hydroxylation is 1. The van der Waals surface area contributed by atoms with Crippen LogP contribution in [-0.2, 0) is 9.71 Å². The molecule has 8 nitrogen and oxygen atoms in total. The van der Waals surface area contributed by atoms with E-state index in [0.717, 1.165) is 54.5 Å². The number of anilines is 2. The zero-order chi connectivity index (χ0) is 27.7. The van der Waals surface area contributed by atoms with Gasteiger partial charge >= 0.3 is 0 Å². The largest absolute Gasteiger partial charge is 0.488 e. The van der Waals surface area contributed by atoms with Crippen molar-refractivity contribution < 1.29 is 22.5 Å². The Morgan fingerprint density at radius 1 is 1.08 bits per heavy atom. The summed E-state index contributed by atoms with van der Waals surface area (Å²) >= 11 is 0. The lowest BCUT2D eigenvalue weighted by Gasteiger charge is -2.18. The molecule has 5 rings (SSSR count). The van der Waals surface area contributed by atoms with Gasteiger partial charge in [0.25, 0.3) is 0 Å². The molecule has 2 heterocycles. The average Bonchev–Trinajstić information content (AvgIpc) is 3.41. The van der Waals surface area contributed by atoms with Crippen molar-refractivity contribution >= 4 is 38.1 Å². The number of ether oxygens (including phenoxy) is 2. The van der Waals surface area contributed by atoms with Crippen LogP contribution in [0.3, 0.4) is 0 Å².